The van der Waals surface area contributed by atoms with Crippen molar-refractivity contribution in [3.63, 3.8) is 0 Å². The van der Waals surface area contributed by atoms with E-state index >= 15 is 0 Å². The van der Waals surface area contributed by atoms with Gasteiger partial charge in [0.1, 0.15) is 0 Å². The van der Waals surface area contributed by atoms with Crippen LogP contribution in [0.3, 0.4) is 0 Å². The van der Waals surface area contributed by atoms with Gasteiger partial charge in [-0.15, -0.1) is 0 Å². The van der Waals surface area contributed by atoms with E-state index in [1.807, 2.05) is 13.1 Å². The molecular weight excluding hydrogens is 160 g/mol. The molecule has 0 aliphatic rings. The first-order chi connectivity index (χ1) is 5.29. The SMILES string of the molecule is CCc1ccnc(Cl)c1NC. The van der Waals surface area contributed by atoms with Gasteiger partial charge in [0.2, 0.25) is 0 Å². The van der Waals surface area contributed by atoms with E-state index in [2.05, 4.69) is 17.2 Å². The van der Waals surface area contributed by atoms with Gasteiger partial charge in [-0.05, 0) is 18.1 Å². The van der Waals surface area contributed by atoms with Crippen molar-refractivity contribution in [3.05, 3.63) is 23.0 Å². The predicted molar refractivity (Wildman–Crippen MR) is 48.2 cm³/mol. The van der Waals surface area contributed by atoms with Crippen LogP contribution < -0.4 is 5.32 Å². The zero-order valence-corrected chi connectivity index (χ0v) is 7.44. The van der Waals surface area contributed by atoms with Crippen molar-refractivity contribution >= 4 is 17.3 Å². The number of halogens is 1. The maximum Gasteiger partial charge on any atom is 0.152 e. The molecule has 0 unspecified atom stereocenters. The fourth-order valence-corrected chi connectivity index (χ4v) is 1.30. The highest BCUT2D eigenvalue weighted by molar-refractivity contribution is 6.32. The second kappa shape index (κ2) is 3.58. The summed E-state index contributed by atoms with van der Waals surface area (Å²) in [5.41, 5.74) is 2.14. The summed E-state index contributed by atoms with van der Waals surface area (Å²) in [6.07, 6.45) is 2.69. The minimum atomic E-state index is 0.548. The summed E-state index contributed by atoms with van der Waals surface area (Å²) < 4.78 is 0. The van der Waals surface area contributed by atoms with Gasteiger partial charge in [0.15, 0.2) is 5.15 Å². The highest BCUT2D eigenvalue weighted by Gasteiger charge is 2.02. The van der Waals surface area contributed by atoms with Crippen molar-refractivity contribution in [2.75, 3.05) is 12.4 Å². The van der Waals surface area contributed by atoms with E-state index in [1.54, 1.807) is 6.20 Å². The number of hydrogen-bond donors (Lipinski definition) is 1. The molecule has 2 nitrogen and oxygen atoms in total. The number of rotatable bonds is 2. The molecule has 0 radical (unpaired) electrons. The normalized spacial score (nSPS) is 9.73. The summed E-state index contributed by atoms with van der Waals surface area (Å²) in [5, 5.41) is 3.57. The van der Waals surface area contributed by atoms with Gasteiger partial charge in [0, 0.05) is 13.2 Å². The van der Waals surface area contributed by atoms with E-state index in [0.29, 0.717) is 5.15 Å². The number of aryl methyl sites for hydroxylation is 1. The lowest BCUT2D eigenvalue weighted by molar-refractivity contribution is 1.12. The van der Waals surface area contributed by atoms with Crippen LogP contribution in [-0.4, -0.2) is 12.0 Å². The molecule has 1 aromatic rings. The van der Waals surface area contributed by atoms with Crippen molar-refractivity contribution in [1.82, 2.24) is 4.98 Å². The lowest BCUT2D eigenvalue weighted by Crippen LogP contribution is -1.96. The Labute approximate surface area is 71.6 Å². The summed E-state index contributed by atoms with van der Waals surface area (Å²) in [6.45, 7) is 2.09. The number of nitrogens with zero attached hydrogens (tertiary/aromatic N) is 1. The summed E-state index contributed by atoms with van der Waals surface area (Å²) in [4.78, 5) is 3.96. The number of anilines is 1. The van der Waals surface area contributed by atoms with E-state index in [-0.39, 0.29) is 0 Å². The largest absolute Gasteiger partial charge is 0.385 e. The van der Waals surface area contributed by atoms with Gasteiger partial charge in [-0.25, -0.2) is 4.98 Å². The van der Waals surface area contributed by atoms with Crippen LogP contribution in [0, 0.1) is 0 Å². The average molecular weight is 171 g/mol. The fourth-order valence-electron chi connectivity index (χ4n) is 1.03. The van der Waals surface area contributed by atoms with Crippen molar-refractivity contribution in [2.24, 2.45) is 0 Å². The van der Waals surface area contributed by atoms with E-state index in [4.69, 9.17) is 11.6 Å². The van der Waals surface area contributed by atoms with Gasteiger partial charge in [0.25, 0.3) is 0 Å². The second-order valence-electron chi connectivity index (χ2n) is 2.24. The zero-order chi connectivity index (χ0) is 8.27. The third-order valence-corrected chi connectivity index (χ3v) is 1.91. The predicted octanol–water partition coefficient (Wildman–Crippen LogP) is 2.34. The Morgan fingerprint density at radius 1 is 1.64 bits per heavy atom. The van der Waals surface area contributed by atoms with E-state index in [1.165, 1.54) is 5.56 Å². The molecule has 0 amide bonds. The summed E-state index contributed by atoms with van der Waals surface area (Å²) in [6, 6.07) is 1.97. The first-order valence-electron chi connectivity index (χ1n) is 3.60. The highest BCUT2D eigenvalue weighted by atomic mass is 35.5. The minimum Gasteiger partial charge on any atom is -0.385 e. The van der Waals surface area contributed by atoms with Crippen LogP contribution in [0.25, 0.3) is 0 Å². The highest BCUT2D eigenvalue weighted by Crippen LogP contribution is 2.22. The number of aromatic nitrogens is 1. The molecule has 0 fully saturated rings. The Morgan fingerprint density at radius 3 is 2.82 bits per heavy atom. The molecule has 0 atom stereocenters. The molecule has 11 heavy (non-hydrogen) atoms. The van der Waals surface area contributed by atoms with Crippen molar-refractivity contribution in [1.29, 1.82) is 0 Å². The lowest BCUT2D eigenvalue weighted by Gasteiger charge is -2.06. The summed E-state index contributed by atoms with van der Waals surface area (Å²) in [5.74, 6) is 0. The third kappa shape index (κ3) is 1.63. The maximum atomic E-state index is 5.83. The molecule has 60 valence electrons. The molecule has 0 aliphatic heterocycles. The quantitative estimate of drug-likeness (QED) is 0.690. The molecule has 3 heteroatoms. The average Bonchev–Trinajstić information content (AvgIpc) is 2.04. The van der Waals surface area contributed by atoms with Crippen molar-refractivity contribution < 1.29 is 0 Å². The zero-order valence-electron chi connectivity index (χ0n) is 6.69. The summed E-state index contributed by atoms with van der Waals surface area (Å²) >= 11 is 5.83. The van der Waals surface area contributed by atoms with Gasteiger partial charge in [0.05, 0.1) is 5.69 Å². The lowest BCUT2D eigenvalue weighted by atomic mass is 10.2. The van der Waals surface area contributed by atoms with Crippen LogP contribution in [0.2, 0.25) is 5.15 Å². The van der Waals surface area contributed by atoms with Crippen LogP contribution in [0.4, 0.5) is 5.69 Å². The van der Waals surface area contributed by atoms with Gasteiger partial charge >= 0.3 is 0 Å². The molecule has 1 rings (SSSR count). The Kier molecular flexibility index (Phi) is 2.71. The van der Waals surface area contributed by atoms with Crippen molar-refractivity contribution in [3.8, 4) is 0 Å². The molecule has 0 bridgehead atoms. The monoisotopic (exact) mass is 170 g/mol. The Bertz CT molecular complexity index is 248. The topological polar surface area (TPSA) is 24.9 Å². The van der Waals surface area contributed by atoms with Gasteiger partial charge in [-0.2, -0.15) is 0 Å². The molecule has 1 heterocycles. The number of pyridine rings is 1. The number of hydrogen-bond acceptors (Lipinski definition) is 2. The Balaban J connectivity index is 3.13. The molecule has 0 spiro atoms. The van der Waals surface area contributed by atoms with Gasteiger partial charge in [-0.1, -0.05) is 18.5 Å². The van der Waals surface area contributed by atoms with Crippen LogP contribution in [0.15, 0.2) is 12.3 Å². The van der Waals surface area contributed by atoms with Crippen molar-refractivity contribution in [2.45, 2.75) is 13.3 Å². The minimum absolute atomic E-state index is 0.548. The molecule has 0 aromatic carbocycles. The Morgan fingerprint density at radius 2 is 2.36 bits per heavy atom. The molecule has 0 saturated heterocycles. The van der Waals surface area contributed by atoms with Gasteiger partial charge < -0.3 is 5.32 Å². The standard InChI is InChI=1S/C8H11ClN2/c1-3-6-4-5-11-8(9)7(6)10-2/h4-5,10H,3H2,1-2H3. The smallest absolute Gasteiger partial charge is 0.152 e. The van der Waals surface area contributed by atoms with Crippen LogP contribution in [0.5, 0.6) is 0 Å². The van der Waals surface area contributed by atoms with Crippen LogP contribution >= 0.6 is 11.6 Å². The van der Waals surface area contributed by atoms with E-state index in [0.717, 1.165) is 12.1 Å². The molecular formula is C8H11ClN2. The van der Waals surface area contributed by atoms with Crippen LogP contribution in [-0.2, 0) is 6.42 Å². The van der Waals surface area contributed by atoms with Gasteiger partial charge in [-0.3, -0.25) is 0 Å². The third-order valence-electron chi connectivity index (χ3n) is 1.62. The molecule has 0 saturated carbocycles. The maximum absolute atomic E-state index is 5.83. The first kappa shape index (κ1) is 8.34. The van der Waals surface area contributed by atoms with Crippen LogP contribution in [0.1, 0.15) is 12.5 Å². The molecule has 1 aromatic heterocycles. The molecule has 0 aliphatic carbocycles. The fraction of sp³-hybridized carbons (Fsp3) is 0.375. The van der Waals surface area contributed by atoms with E-state index in [9.17, 15) is 0 Å². The summed E-state index contributed by atoms with van der Waals surface area (Å²) in [7, 11) is 1.85. The van der Waals surface area contributed by atoms with E-state index < -0.39 is 0 Å². The Hall–Kier alpha value is -0.760. The molecule has 1 N–H and O–H groups in total. The first-order valence-corrected chi connectivity index (χ1v) is 3.98. The second-order valence-corrected chi connectivity index (χ2v) is 2.60. The number of nitrogens with one attached hydrogen (secondary N) is 1.